The summed E-state index contributed by atoms with van der Waals surface area (Å²) in [5.74, 6) is 0.726. The zero-order chi connectivity index (χ0) is 17.6. The minimum absolute atomic E-state index is 0.202. The van der Waals surface area contributed by atoms with Gasteiger partial charge in [0, 0.05) is 31.8 Å². The molecule has 25 heavy (non-hydrogen) atoms. The lowest BCUT2D eigenvalue weighted by molar-refractivity contribution is 0.0676. The van der Waals surface area contributed by atoms with Crippen LogP contribution < -0.4 is 4.74 Å². The van der Waals surface area contributed by atoms with Gasteiger partial charge in [0.05, 0.1) is 13.2 Å². The van der Waals surface area contributed by atoms with Crippen molar-refractivity contribution in [3.05, 3.63) is 59.4 Å². The number of nitrogens with zero attached hydrogens (tertiary/aromatic N) is 1. The van der Waals surface area contributed by atoms with Crippen molar-refractivity contribution in [2.24, 2.45) is 0 Å². The van der Waals surface area contributed by atoms with Crippen molar-refractivity contribution in [3.8, 4) is 11.5 Å². The molecule has 4 nitrogen and oxygen atoms in total. The first kappa shape index (κ1) is 17.7. The molecule has 1 aliphatic rings. The highest BCUT2D eigenvalue weighted by Crippen LogP contribution is 2.26. The maximum absolute atomic E-state index is 13.2. The zero-order valence-electron chi connectivity index (χ0n) is 14.5. The number of benzene rings is 2. The van der Waals surface area contributed by atoms with E-state index >= 15 is 0 Å². The molecule has 1 fully saturated rings. The van der Waals surface area contributed by atoms with E-state index in [0.717, 1.165) is 37.1 Å². The quantitative estimate of drug-likeness (QED) is 0.830. The van der Waals surface area contributed by atoms with Gasteiger partial charge in [-0.25, -0.2) is 4.39 Å². The molecule has 0 saturated carbocycles. The average molecular weight is 345 g/mol. The van der Waals surface area contributed by atoms with Crippen LogP contribution in [0, 0.1) is 5.82 Å². The summed E-state index contributed by atoms with van der Waals surface area (Å²) in [5, 5.41) is 10.2. The molecule has 2 aromatic carbocycles. The lowest BCUT2D eigenvalue weighted by atomic mass is 10.1. The number of phenols is 1. The molecule has 1 aliphatic heterocycles. The second kappa shape index (κ2) is 8.32. The van der Waals surface area contributed by atoms with Crippen LogP contribution in [-0.4, -0.2) is 36.4 Å². The Morgan fingerprint density at radius 1 is 1.20 bits per heavy atom. The summed E-state index contributed by atoms with van der Waals surface area (Å²) in [4.78, 5) is 2.22. The average Bonchev–Trinajstić information content (AvgIpc) is 3.12. The van der Waals surface area contributed by atoms with Crippen molar-refractivity contribution in [3.63, 3.8) is 0 Å². The first-order valence-electron chi connectivity index (χ1n) is 8.58. The van der Waals surface area contributed by atoms with E-state index < -0.39 is 0 Å². The number of hydrogen-bond acceptors (Lipinski definition) is 4. The van der Waals surface area contributed by atoms with Crippen LogP contribution in [0.4, 0.5) is 4.39 Å². The fraction of sp³-hybridized carbons (Fsp3) is 0.400. The first-order valence-corrected chi connectivity index (χ1v) is 8.58. The molecular formula is C20H24FNO3. The number of aromatic hydroxyl groups is 1. The fourth-order valence-electron chi connectivity index (χ4n) is 3.17. The van der Waals surface area contributed by atoms with Crippen LogP contribution in [0.15, 0.2) is 42.5 Å². The molecule has 1 unspecified atom stereocenters. The Morgan fingerprint density at radius 2 is 2.00 bits per heavy atom. The van der Waals surface area contributed by atoms with Crippen molar-refractivity contribution >= 4 is 0 Å². The minimum atomic E-state index is -0.236. The third-order valence-corrected chi connectivity index (χ3v) is 4.49. The molecule has 3 rings (SSSR count). The highest BCUT2D eigenvalue weighted by atomic mass is 19.1. The Morgan fingerprint density at radius 3 is 2.68 bits per heavy atom. The van der Waals surface area contributed by atoms with Crippen LogP contribution in [-0.2, 0) is 17.8 Å². The standard InChI is InChI=1S/C20H24FNO3/c1-24-18-8-9-20(23)16(11-18)13-22(14-19-3-2-10-25-19)12-15-4-6-17(21)7-5-15/h4-9,11,19,23H,2-3,10,12-14H2,1H3. The molecule has 1 atom stereocenters. The van der Waals surface area contributed by atoms with Crippen LogP contribution in [0.25, 0.3) is 0 Å². The molecule has 2 aromatic rings. The number of phenolic OH excluding ortho intramolecular Hbond substituents is 1. The van der Waals surface area contributed by atoms with Crippen molar-refractivity contribution in [2.75, 3.05) is 20.3 Å². The number of rotatable bonds is 7. The van der Waals surface area contributed by atoms with Crippen molar-refractivity contribution in [1.82, 2.24) is 4.90 Å². The molecule has 0 amide bonds. The molecule has 0 bridgehead atoms. The van der Waals surface area contributed by atoms with Gasteiger partial charge in [-0.2, -0.15) is 0 Å². The monoisotopic (exact) mass is 345 g/mol. The van der Waals surface area contributed by atoms with Crippen molar-refractivity contribution < 1.29 is 19.0 Å². The van der Waals surface area contributed by atoms with Crippen molar-refractivity contribution in [2.45, 2.75) is 32.0 Å². The summed E-state index contributed by atoms with van der Waals surface area (Å²) in [6.45, 7) is 2.81. The topological polar surface area (TPSA) is 41.9 Å². The Kier molecular flexibility index (Phi) is 5.89. The summed E-state index contributed by atoms with van der Waals surface area (Å²) >= 11 is 0. The van der Waals surface area contributed by atoms with E-state index in [4.69, 9.17) is 9.47 Å². The van der Waals surface area contributed by atoms with Crippen LogP contribution >= 0.6 is 0 Å². The van der Waals surface area contributed by atoms with Crippen LogP contribution in [0.2, 0.25) is 0 Å². The van der Waals surface area contributed by atoms with E-state index in [1.54, 1.807) is 31.4 Å². The van der Waals surface area contributed by atoms with E-state index in [1.165, 1.54) is 12.1 Å². The molecule has 134 valence electrons. The Balaban J connectivity index is 1.76. The summed E-state index contributed by atoms with van der Waals surface area (Å²) in [6.07, 6.45) is 2.33. The highest BCUT2D eigenvalue weighted by Gasteiger charge is 2.20. The molecule has 0 radical (unpaired) electrons. The molecule has 0 aliphatic carbocycles. The van der Waals surface area contributed by atoms with Gasteiger partial charge in [-0.05, 0) is 48.7 Å². The Labute approximate surface area is 147 Å². The van der Waals surface area contributed by atoms with Gasteiger partial charge < -0.3 is 14.6 Å². The lowest BCUT2D eigenvalue weighted by Gasteiger charge is -2.26. The number of halogens is 1. The minimum Gasteiger partial charge on any atom is -0.508 e. The second-order valence-corrected chi connectivity index (χ2v) is 6.43. The smallest absolute Gasteiger partial charge is 0.123 e. The normalized spacial score (nSPS) is 17.2. The summed E-state index contributed by atoms with van der Waals surface area (Å²) in [5.41, 5.74) is 1.83. The molecule has 1 saturated heterocycles. The van der Waals surface area contributed by atoms with E-state index in [9.17, 15) is 9.50 Å². The molecule has 1 heterocycles. The maximum Gasteiger partial charge on any atom is 0.123 e. The third-order valence-electron chi connectivity index (χ3n) is 4.49. The van der Waals surface area contributed by atoms with Gasteiger partial charge in [-0.1, -0.05) is 12.1 Å². The third kappa shape index (κ3) is 4.94. The van der Waals surface area contributed by atoms with E-state index in [1.807, 2.05) is 6.07 Å². The Bertz CT molecular complexity index is 684. The van der Waals surface area contributed by atoms with Gasteiger partial charge >= 0.3 is 0 Å². The van der Waals surface area contributed by atoms with Gasteiger partial charge in [-0.15, -0.1) is 0 Å². The van der Waals surface area contributed by atoms with Gasteiger partial charge in [0.25, 0.3) is 0 Å². The maximum atomic E-state index is 13.2. The fourth-order valence-corrected chi connectivity index (χ4v) is 3.17. The molecular weight excluding hydrogens is 321 g/mol. The number of hydrogen-bond donors (Lipinski definition) is 1. The molecule has 1 N–H and O–H groups in total. The second-order valence-electron chi connectivity index (χ2n) is 6.43. The van der Waals surface area contributed by atoms with E-state index in [0.29, 0.717) is 18.8 Å². The zero-order valence-corrected chi connectivity index (χ0v) is 14.5. The SMILES string of the molecule is COc1ccc(O)c(CN(Cc2ccc(F)cc2)CC2CCCO2)c1. The summed E-state index contributed by atoms with van der Waals surface area (Å²) < 4.78 is 24.2. The Hall–Kier alpha value is -2.11. The predicted octanol–water partition coefficient (Wildman–Crippen LogP) is 3.72. The van der Waals surface area contributed by atoms with Gasteiger partial charge in [0.15, 0.2) is 0 Å². The molecule has 0 aromatic heterocycles. The number of ether oxygens (including phenoxy) is 2. The van der Waals surface area contributed by atoms with E-state index in [2.05, 4.69) is 4.90 Å². The number of methoxy groups -OCH3 is 1. The van der Waals surface area contributed by atoms with Crippen LogP contribution in [0.3, 0.4) is 0 Å². The van der Waals surface area contributed by atoms with Crippen LogP contribution in [0.5, 0.6) is 11.5 Å². The van der Waals surface area contributed by atoms with Gasteiger partial charge in [0.1, 0.15) is 17.3 Å². The molecule has 5 heteroatoms. The molecule has 0 spiro atoms. The van der Waals surface area contributed by atoms with Gasteiger partial charge in [0.2, 0.25) is 0 Å². The largest absolute Gasteiger partial charge is 0.508 e. The summed E-state index contributed by atoms with van der Waals surface area (Å²) in [7, 11) is 1.61. The van der Waals surface area contributed by atoms with E-state index in [-0.39, 0.29) is 17.7 Å². The highest BCUT2D eigenvalue weighted by molar-refractivity contribution is 5.39. The van der Waals surface area contributed by atoms with Crippen molar-refractivity contribution in [1.29, 1.82) is 0 Å². The first-order chi connectivity index (χ1) is 12.1. The van der Waals surface area contributed by atoms with Gasteiger partial charge in [-0.3, -0.25) is 4.90 Å². The lowest BCUT2D eigenvalue weighted by Crippen LogP contribution is -2.31. The van der Waals surface area contributed by atoms with Crippen LogP contribution in [0.1, 0.15) is 24.0 Å². The predicted molar refractivity (Wildman–Crippen MR) is 94.1 cm³/mol. The summed E-state index contributed by atoms with van der Waals surface area (Å²) in [6, 6.07) is 11.8.